The molecule has 0 aromatic heterocycles. The molecule has 2 aliphatic rings. The molecule has 0 aliphatic carbocycles. The van der Waals surface area contributed by atoms with Crippen molar-refractivity contribution in [2.24, 2.45) is 11.7 Å². The van der Waals surface area contributed by atoms with Gasteiger partial charge in [-0.2, -0.15) is 0 Å². The number of carbonyl (C=O) groups is 6. The summed E-state index contributed by atoms with van der Waals surface area (Å²) in [5, 5.41) is 2.58. The third kappa shape index (κ3) is 3.62. The summed E-state index contributed by atoms with van der Waals surface area (Å²) in [5.41, 5.74) is 6.12. The molecule has 4 rings (SSSR count). The normalized spacial score (nSPS) is 15.6. The quantitative estimate of drug-likeness (QED) is 0.595. The highest BCUT2D eigenvalue weighted by Crippen LogP contribution is 2.32. The zero-order valence-corrected chi connectivity index (χ0v) is 18.5. The zero-order chi connectivity index (χ0) is 24.7. The van der Waals surface area contributed by atoms with E-state index >= 15 is 0 Å². The molecule has 174 valence electrons. The fourth-order valence-electron chi connectivity index (χ4n) is 4.28. The summed E-state index contributed by atoms with van der Waals surface area (Å²) in [6.45, 7) is 3.19. The second-order valence-electron chi connectivity index (χ2n) is 8.41. The number of primary amides is 1. The second-order valence-corrected chi connectivity index (χ2v) is 8.41. The van der Waals surface area contributed by atoms with Gasteiger partial charge in [-0.3, -0.25) is 38.6 Å². The Balaban J connectivity index is 1.50. The van der Waals surface area contributed by atoms with E-state index in [0.29, 0.717) is 0 Å². The van der Waals surface area contributed by atoms with Crippen molar-refractivity contribution in [3.8, 4) is 0 Å². The molecule has 0 fully saturated rings. The van der Waals surface area contributed by atoms with Gasteiger partial charge >= 0.3 is 0 Å². The standard InChI is InChI=1S/C24H22N4O6/c1-12(2)19(20(25)30)28-23(33)15-8-5-9-16(18(15)24(28)34)26-17(29)10-11-27-21(31)13-6-3-4-7-14(13)22(27)32/h3-9,12,19H,10-11H2,1-2H3,(H2,25,30)(H,26,29). The monoisotopic (exact) mass is 462 g/mol. The molecular formula is C24H22N4O6. The Morgan fingerprint density at radius 1 is 0.853 bits per heavy atom. The predicted molar refractivity (Wildman–Crippen MR) is 120 cm³/mol. The van der Waals surface area contributed by atoms with Gasteiger partial charge in [-0.1, -0.05) is 32.0 Å². The average molecular weight is 462 g/mol. The predicted octanol–water partition coefficient (Wildman–Crippen LogP) is 1.42. The van der Waals surface area contributed by atoms with Gasteiger partial charge in [0.2, 0.25) is 11.8 Å². The molecule has 2 aromatic carbocycles. The lowest BCUT2D eigenvalue weighted by molar-refractivity contribution is -0.123. The first kappa shape index (κ1) is 22.8. The van der Waals surface area contributed by atoms with Crippen LogP contribution in [-0.4, -0.2) is 57.8 Å². The Morgan fingerprint density at radius 3 is 2.00 bits per heavy atom. The highest BCUT2D eigenvalue weighted by molar-refractivity contribution is 6.26. The van der Waals surface area contributed by atoms with Crippen LogP contribution in [0, 0.1) is 5.92 Å². The van der Waals surface area contributed by atoms with Gasteiger partial charge in [0.1, 0.15) is 6.04 Å². The number of rotatable bonds is 7. The van der Waals surface area contributed by atoms with Crippen LogP contribution in [0.25, 0.3) is 0 Å². The maximum Gasteiger partial charge on any atom is 0.264 e. The Morgan fingerprint density at radius 2 is 1.44 bits per heavy atom. The Kier molecular flexibility index (Phi) is 5.74. The summed E-state index contributed by atoms with van der Waals surface area (Å²) in [7, 11) is 0. The van der Waals surface area contributed by atoms with Crippen LogP contribution < -0.4 is 11.1 Å². The number of hydrogen-bond donors (Lipinski definition) is 2. The fraction of sp³-hybridized carbons (Fsp3) is 0.250. The molecule has 0 bridgehead atoms. The van der Waals surface area contributed by atoms with E-state index in [1.165, 1.54) is 18.2 Å². The summed E-state index contributed by atoms with van der Waals surface area (Å²) in [4.78, 5) is 77.3. The Labute approximate surface area is 194 Å². The molecule has 1 atom stereocenters. The van der Waals surface area contributed by atoms with Crippen LogP contribution in [0.4, 0.5) is 5.69 Å². The molecule has 0 radical (unpaired) electrons. The number of hydrogen-bond acceptors (Lipinski definition) is 6. The van der Waals surface area contributed by atoms with Gasteiger partial charge in [-0.05, 0) is 30.2 Å². The van der Waals surface area contributed by atoms with Crippen molar-refractivity contribution in [1.82, 2.24) is 9.80 Å². The maximum absolute atomic E-state index is 13.1. The minimum atomic E-state index is -1.13. The molecule has 0 saturated carbocycles. The smallest absolute Gasteiger partial charge is 0.264 e. The van der Waals surface area contributed by atoms with Gasteiger partial charge < -0.3 is 11.1 Å². The number of nitrogens with two attached hydrogens (primary N) is 1. The number of fused-ring (bicyclic) bond motifs is 2. The third-order valence-electron chi connectivity index (χ3n) is 5.86. The second kappa shape index (κ2) is 8.54. The summed E-state index contributed by atoms with van der Waals surface area (Å²) in [6, 6.07) is 9.66. The number of anilines is 1. The molecule has 2 aromatic rings. The molecule has 6 amide bonds. The van der Waals surface area contributed by atoms with Crippen molar-refractivity contribution in [3.05, 3.63) is 64.7 Å². The van der Waals surface area contributed by atoms with Gasteiger partial charge in [0, 0.05) is 13.0 Å². The van der Waals surface area contributed by atoms with Crippen LogP contribution in [0.15, 0.2) is 42.5 Å². The van der Waals surface area contributed by atoms with E-state index in [0.717, 1.165) is 9.80 Å². The first-order valence-electron chi connectivity index (χ1n) is 10.7. The highest BCUT2D eigenvalue weighted by Gasteiger charge is 2.44. The number of amides is 6. The van der Waals surface area contributed by atoms with E-state index in [1.54, 1.807) is 38.1 Å². The molecule has 2 aliphatic heterocycles. The van der Waals surface area contributed by atoms with Crippen molar-refractivity contribution in [1.29, 1.82) is 0 Å². The van der Waals surface area contributed by atoms with Gasteiger partial charge in [0.05, 0.1) is 27.9 Å². The molecular weight excluding hydrogens is 440 g/mol. The van der Waals surface area contributed by atoms with Gasteiger partial charge in [0.25, 0.3) is 23.6 Å². The Hall–Kier alpha value is -4.34. The van der Waals surface area contributed by atoms with Gasteiger partial charge in [-0.25, -0.2) is 0 Å². The first-order valence-corrected chi connectivity index (χ1v) is 10.7. The summed E-state index contributed by atoms with van der Waals surface area (Å²) < 4.78 is 0. The van der Waals surface area contributed by atoms with Crippen molar-refractivity contribution in [2.45, 2.75) is 26.3 Å². The highest BCUT2D eigenvalue weighted by atomic mass is 16.2. The van der Waals surface area contributed by atoms with E-state index in [2.05, 4.69) is 5.32 Å². The van der Waals surface area contributed by atoms with E-state index < -0.39 is 47.4 Å². The zero-order valence-electron chi connectivity index (χ0n) is 18.5. The molecule has 10 heteroatoms. The minimum Gasteiger partial charge on any atom is -0.368 e. The van der Waals surface area contributed by atoms with Gasteiger partial charge in [0.15, 0.2) is 0 Å². The minimum absolute atomic E-state index is 0.0338. The number of carbonyl (C=O) groups excluding carboxylic acids is 6. The van der Waals surface area contributed by atoms with Crippen molar-refractivity contribution in [2.75, 3.05) is 11.9 Å². The maximum atomic E-state index is 13.1. The lowest BCUT2D eigenvalue weighted by Crippen LogP contribution is -2.50. The van der Waals surface area contributed by atoms with E-state index in [4.69, 9.17) is 5.73 Å². The summed E-state index contributed by atoms with van der Waals surface area (Å²) >= 11 is 0. The van der Waals surface area contributed by atoms with E-state index in [9.17, 15) is 28.8 Å². The first-order chi connectivity index (χ1) is 16.1. The largest absolute Gasteiger partial charge is 0.368 e. The van der Waals surface area contributed by atoms with Crippen molar-refractivity contribution in [3.63, 3.8) is 0 Å². The van der Waals surface area contributed by atoms with Crippen LogP contribution in [0.5, 0.6) is 0 Å². The number of nitrogens with zero attached hydrogens (tertiary/aromatic N) is 2. The van der Waals surface area contributed by atoms with Gasteiger partial charge in [-0.15, -0.1) is 0 Å². The van der Waals surface area contributed by atoms with E-state index in [-0.39, 0.29) is 40.9 Å². The molecule has 34 heavy (non-hydrogen) atoms. The molecule has 0 spiro atoms. The summed E-state index contributed by atoms with van der Waals surface area (Å²) in [6.07, 6.45) is -0.211. The Bertz CT molecular complexity index is 1230. The average Bonchev–Trinajstić information content (AvgIpc) is 3.18. The molecule has 2 heterocycles. The van der Waals surface area contributed by atoms with Crippen LogP contribution in [0.2, 0.25) is 0 Å². The van der Waals surface area contributed by atoms with Crippen LogP contribution in [0.3, 0.4) is 0 Å². The van der Waals surface area contributed by atoms with Crippen LogP contribution in [0.1, 0.15) is 61.7 Å². The SMILES string of the molecule is CC(C)C(C(N)=O)N1C(=O)c2cccc(NC(=O)CCN3C(=O)c4ccccc4C3=O)c2C1=O. The lowest BCUT2D eigenvalue weighted by Gasteiger charge is -2.26. The molecule has 10 nitrogen and oxygen atoms in total. The molecule has 3 N–H and O–H groups in total. The third-order valence-corrected chi connectivity index (χ3v) is 5.86. The van der Waals surface area contributed by atoms with Crippen molar-refractivity contribution < 1.29 is 28.8 Å². The fourth-order valence-corrected chi connectivity index (χ4v) is 4.28. The summed E-state index contributed by atoms with van der Waals surface area (Å²) in [5.74, 6) is -4.12. The lowest BCUT2D eigenvalue weighted by atomic mass is 10.0. The van der Waals surface area contributed by atoms with E-state index in [1.807, 2.05) is 0 Å². The van der Waals surface area contributed by atoms with Crippen molar-refractivity contribution >= 4 is 41.1 Å². The topological polar surface area (TPSA) is 147 Å². The number of imide groups is 2. The molecule has 1 unspecified atom stereocenters. The molecule has 0 saturated heterocycles. The van der Waals surface area contributed by atoms with Crippen LogP contribution in [-0.2, 0) is 9.59 Å². The number of nitrogens with one attached hydrogen (secondary N) is 1. The van der Waals surface area contributed by atoms with Crippen LogP contribution >= 0.6 is 0 Å². The number of benzene rings is 2.